The summed E-state index contributed by atoms with van der Waals surface area (Å²) >= 11 is 0. The van der Waals surface area contributed by atoms with Crippen LogP contribution >= 0.6 is 0 Å². The number of allylic oxidation sites excluding steroid dienone is 3. The third kappa shape index (κ3) is 10.7. The van der Waals surface area contributed by atoms with E-state index in [4.69, 9.17) is 9.47 Å². The molecule has 0 fully saturated rings. The van der Waals surface area contributed by atoms with Crippen LogP contribution in [-0.2, 0) is 19.1 Å². The predicted octanol–water partition coefficient (Wildman–Crippen LogP) is 2.74. The van der Waals surface area contributed by atoms with Gasteiger partial charge in [0.05, 0.1) is 0 Å². The lowest BCUT2D eigenvalue weighted by Gasteiger charge is -2.02. The quantitative estimate of drug-likeness (QED) is 0.407. The Labute approximate surface area is 102 Å². The van der Waals surface area contributed by atoms with Crippen LogP contribution in [0.15, 0.2) is 23.5 Å². The average Bonchev–Trinajstić information content (AvgIpc) is 2.15. The van der Waals surface area contributed by atoms with Crippen molar-refractivity contribution < 1.29 is 19.1 Å². The first-order valence-corrected chi connectivity index (χ1v) is 5.56. The summed E-state index contributed by atoms with van der Waals surface area (Å²) in [4.78, 5) is 21.2. The molecular weight excluding hydrogens is 220 g/mol. The Hall–Kier alpha value is -1.58. The highest BCUT2D eigenvalue weighted by Gasteiger charge is 1.95. The first-order chi connectivity index (χ1) is 7.91. The molecule has 0 aromatic rings. The van der Waals surface area contributed by atoms with E-state index in [-0.39, 0.29) is 11.9 Å². The zero-order valence-corrected chi connectivity index (χ0v) is 10.9. The third-order valence-corrected chi connectivity index (χ3v) is 1.99. The van der Waals surface area contributed by atoms with Crippen LogP contribution in [0.4, 0.5) is 0 Å². The fraction of sp³-hybridized carbons (Fsp3) is 0.538. The van der Waals surface area contributed by atoms with Gasteiger partial charge in [0, 0.05) is 13.8 Å². The van der Waals surface area contributed by atoms with Crippen molar-refractivity contribution in [1.29, 1.82) is 0 Å². The monoisotopic (exact) mass is 240 g/mol. The topological polar surface area (TPSA) is 52.6 Å². The summed E-state index contributed by atoms with van der Waals surface area (Å²) < 4.78 is 9.67. The van der Waals surface area contributed by atoms with Crippen molar-refractivity contribution in [3.05, 3.63) is 23.5 Å². The van der Waals surface area contributed by atoms with E-state index < -0.39 is 0 Å². The second-order valence-electron chi connectivity index (χ2n) is 3.80. The van der Waals surface area contributed by atoms with E-state index in [0.29, 0.717) is 12.4 Å². The number of rotatable bonds is 6. The van der Waals surface area contributed by atoms with Crippen molar-refractivity contribution in [2.75, 3.05) is 6.61 Å². The van der Waals surface area contributed by atoms with Gasteiger partial charge in [-0.1, -0.05) is 5.57 Å². The fourth-order valence-electron chi connectivity index (χ4n) is 1.17. The van der Waals surface area contributed by atoms with Gasteiger partial charge in [-0.2, -0.15) is 0 Å². The second kappa shape index (κ2) is 8.56. The maximum atomic E-state index is 10.6. The number of carbonyl (C=O) groups is 2. The summed E-state index contributed by atoms with van der Waals surface area (Å²) in [5.74, 6) is 0.0332. The van der Waals surface area contributed by atoms with Gasteiger partial charge in [-0.05, 0) is 38.8 Å². The summed E-state index contributed by atoms with van der Waals surface area (Å²) in [6.07, 6.45) is 5.38. The van der Waals surface area contributed by atoms with Gasteiger partial charge in [-0.25, -0.2) is 0 Å². The van der Waals surface area contributed by atoms with Crippen LogP contribution in [0, 0.1) is 0 Å². The molecule has 0 aromatic heterocycles. The molecule has 96 valence electrons. The van der Waals surface area contributed by atoms with Gasteiger partial charge < -0.3 is 9.47 Å². The normalized spacial score (nSPS) is 12.2. The predicted molar refractivity (Wildman–Crippen MR) is 65.1 cm³/mol. The molecule has 0 bridgehead atoms. The molecule has 0 aliphatic heterocycles. The molecule has 0 rings (SSSR count). The minimum Gasteiger partial charge on any atom is -0.462 e. The lowest BCUT2D eigenvalue weighted by atomic mass is 10.1. The van der Waals surface area contributed by atoms with Crippen LogP contribution in [0.1, 0.15) is 40.5 Å². The van der Waals surface area contributed by atoms with Gasteiger partial charge >= 0.3 is 11.9 Å². The van der Waals surface area contributed by atoms with E-state index in [9.17, 15) is 9.59 Å². The highest BCUT2D eigenvalue weighted by molar-refractivity contribution is 5.67. The SMILES string of the molecule is CC(=O)OC/C=C(\C)CC/C=C(\C)OC(C)=O. The number of hydrogen-bond acceptors (Lipinski definition) is 4. The Balaban J connectivity index is 3.87. The molecule has 0 saturated carbocycles. The zero-order valence-electron chi connectivity index (χ0n) is 10.9. The van der Waals surface area contributed by atoms with Crippen LogP contribution in [0.3, 0.4) is 0 Å². The first-order valence-electron chi connectivity index (χ1n) is 5.56. The van der Waals surface area contributed by atoms with Gasteiger partial charge in [-0.3, -0.25) is 9.59 Å². The highest BCUT2D eigenvalue weighted by Crippen LogP contribution is 2.07. The number of esters is 2. The smallest absolute Gasteiger partial charge is 0.307 e. The van der Waals surface area contributed by atoms with Crippen LogP contribution in [0.2, 0.25) is 0 Å². The summed E-state index contributed by atoms with van der Waals surface area (Å²) in [5.41, 5.74) is 1.14. The zero-order chi connectivity index (χ0) is 13.3. The van der Waals surface area contributed by atoms with E-state index in [1.165, 1.54) is 13.8 Å². The minimum atomic E-state index is -0.305. The maximum Gasteiger partial charge on any atom is 0.307 e. The summed E-state index contributed by atoms with van der Waals surface area (Å²) in [7, 11) is 0. The molecule has 0 aliphatic rings. The van der Waals surface area contributed by atoms with Crippen LogP contribution in [-0.4, -0.2) is 18.5 Å². The molecule has 0 N–H and O–H groups in total. The van der Waals surface area contributed by atoms with Crippen molar-refractivity contribution in [3.63, 3.8) is 0 Å². The summed E-state index contributed by atoms with van der Waals surface area (Å²) in [6, 6.07) is 0. The van der Waals surface area contributed by atoms with Crippen molar-refractivity contribution in [3.8, 4) is 0 Å². The number of ether oxygens (including phenoxy) is 2. The molecule has 4 nitrogen and oxygen atoms in total. The van der Waals surface area contributed by atoms with Gasteiger partial charge in [0.15, 0.2) is 0 Å². The maximum absolute atomic E-state index is 10.6. The van der Waals surface area contributed by atoms with Crippen molar-refractivity contribution >= 4 is 11.9 Å². The Morgan fingerprint density at radius 2 is 1.65 bits per heavy atom. The first kappa shape index (κ1) is 15.4. The minimum absolute atomic E-state index is 0.278. The van der Waals surface area contributed by atoms with Crippen LogP contribution in [0.5, 0.6) is 0 Å². The molecule has 0 aromatic carbocycles. The van der Waals surface area contributed by atoms with E-state index >= 15 is 0 Å². The van der Waals surface area contributed by atoms with E-state index in [1.807, 2.05) is 19.1 Å². The van der Waals surface area contributed by atoms with E-state index in [0.717, 1.165) is 18.4 Å². The Bertz CT molecular complexity index is 326. The van der Waals surface area contributed by atoms with E-state index in [2.05, 4.69) is 0 Å². The van der Waals surface area contributed by atoms with Crippen molar-refractivity contribution in [2.24, 2.45) is 0 Å². The standard InChI is InChI=1S/C13H20O4/c1-10(8-9-16-12(3)14)6-5-7-11(2)17-13(4)15/h7-8H,5-6,9H2,1-4H3/b10-8+,11-7+. The molecule has 0 spiro atoms. The molecule has 0 amide bonds. The molecule has 0 saturated heterocycles. The largest absolute Gasteiger partial charge is 0.462 e. The van der Waals surface area contributed by atoms with E-state index in [1.54, 1.807) is 6.92 Å². The third-order valence-electron chi connectivity index (χ3n) is 1.99. The fourth-order valence-corrected chi connectivity index (χ4v) is 1.17. The molecular formula is C13H20O4. The average molecular weight is 240 g/mol. The lowest BCUT2D eigenvalue weighted by molar-refractivity contribution is -0.140. The summed E-state index contributed by atoms with van der Waals surface area (Å²) in [6.45, 7) is 6.79. The van der Waals surface area contributed by atoms with Gasteiger partial charge in [0.2, 0.25) is 0 Å². The molecule has 17 heavy (non-hydrogen) atoms. The Kier molecular flexibility index (Phi) is 7.76. The Morgan fingerprint density at radius 3 is 2.18 bits per heavy atom. The molecule has 0 aliphatic carbocycles. The van der Waals surface area contributed by atoms with Gasteiger partial charge in [-0.15, -0.1) is 0 Å². The second-order valence-corrected chi connectivity index (χ2v) is 3.80. The van der Waals surface area contributed by atoms with Gasteiger partial charge in [0.25, 0.3) is 0 Å². The van der Waals surface area contributed by atoms with Crippen molar-refractivity contribution in [2.45, 2.75) is 40.5 Å². The van der Waals surface area contributed by atoms with Crippen molar-refractivity contribution in [1.82, 2.24) is 0 Å². The number of hydrogen-bond donors (Lipinski definition) is 0. The summed E-state index contributed by atoms with van der Waals surface area (Å²) in [5, 5.41) is 0. The Morgan fingerprint density at radius 1 is 1.00 bits per heavy atom. The molecule has 0 radical (unpaired) electrons. The van der Waals surface area contributed by atoms with Gasteiger partial charge in [0.1, 0.15) is 12.4 Å². The molecule has 0 heterocycles. The lowest BCUT2D eigenvalue weighted by Crippen LogP contribution is -1.98. The van der Waals surface area contributed by atoms with Crippen LogP contribution < -0.4 is 0 Å². The number of carbonyl (C=O) groups excluding carboxylic acids is 2. The molecule has 4 heteroatoms. The van der Waals surface area contributed by atoms with Crippen LogP contribution in [0.25, 0.3) is 0 Å². The molecule has 0 atom stereocenters. The highest BCUT2D eigenvalue weighted by atomic mass is 16.5. The molecule has 0 unspecified atom stereocenters.